The van der Waals surface area contributed by atoms with Crippen molar-refractivity contribution in [3.63, 3.8) is 0 Å². The Morgan fingerprint density at radius 1 is 0.536 bits per heavy atom. The Bertz CT molecular complexity index is 1220. The van der Waals surface area contributed by atoms with E-state index in [1.165, 1.54) is 12.2 Å². The molecule has 8 heteroatoms. The van der Waals surface area contributed by atoms with Gasteiger partial charge < -0.3 is 20.4 Å². The van der Waals surface area contributed by atoms with Gasteiger partial charge in [-0.2, -0.15) is 0 Å². The van der Waals surface area contributed by atoms with E-state index < -0.39 is 17.3 Å². The molecule has 0 atom stereocenters. The van der Waals surface area contributed by atoms with Crippen LogP contribution in [0.15, 0.2) is 114 Å². The van der Waals surface area contributed by atoms with Crippen LogP contribution in [0.25, 0.3) is 0 Å². The summed E-state index contributed by atoms with van der Waals surface area (Å²) in [6.07, 6.45) is 13.4. The normalized spacial score (nSPS) is 22.6. The molecule has 0 aliphatic carbocycles. The fraction of sp³-hybridized carbons (Fsp3) is 0. The summed E-state index contributed by atoms with van der Waals surface area (Å²) in [4.78, 5) is 17.1. The lowest BCUT2D eigenvalue weighted by atomic mass is 10.2. The maximum absolute atomic E-state index is 10.5. The molecule has 0 saturated carbocycles. The van der Waals surface area contributed by atoms with Crippen LogP contribution in [0.3, 0.4) is 0 Å². The first-order valence-corrected chi connectivity index (χ1v) is 8.31. The van der Waals surface area contributed by atoms with Gasteiger partial charge in [-0.15, -0.1) is 0 Å². The van der Waals surface area contributed by atoms with E-state index in [1.54, 1.807) is 30.4 Å². The van der Waals surface area contributed by atoms with Gasteiger partial charge in [0.2, 0.25) is 0 Å². The lowest BCUT2D eigenvalue weighted by molar-refractivity contribution is 0.350. The minimum absolute atomic E-state index is 0.0300. The number of fused-ring (bicyclic) bond motifs is 4. The van der Waals surface area contributed by atoms with E-state index in [4.69, 9.17) is 0 Å². The van der Waals surface area contributed by atoms with Crippen LogP contribution in [0.5, 0.6) is 0 Å². The maximum atomic E-state index is 10.5. The van der Waals surface area contributed by atoms with Crippen molar-refractivity contribution in [2.75, 3.05) is 0 Å². The highest BCUT2D eigenvalue weighted by atomic mass is 16.3. The lowest BCUT2D eigenvalue weighted by Gasteiger charge is -2.02. The van der Waals surface area contributed by atoms with Crippen LogP contribution in [0, 0.1) is 0 Å². The monoisotopic (exact) mass is 372 g/mol. The van der Waals surface area contributed by atoms with Crippen LogP contribution in [-0.2, 0) is 0 Å². The molecule has 0 aromatic carbocycles. The summed E-state index contributed by atoms with van der Waals surface area (Å²) in [6, 6.07) is 0. The topological polar surface area (TPSA) is 130 Å². The van der Waals surface area contributed by atoms with E-state index in [9.17, 15) is 20.4 Å². The van der Waals surface area contributed by atoms with Crippen LogP contribution < -0.4 is 0 Å². The first-order valence-electron chi connectivity index (χ1n) is 8.31. The van der Waals surface area contributed by atoms with Crippen LogP contribution in [0.2, 0.25) is 0 Å². The number of hydrogen-bond donors (Lipinski definition) is 4. The van der Waals surface area contributed by atoms with E-state index in [-0.39, 0.29) is 22.9 Å². The van der Waals surface area contributed by atoms with Crippen LogP contribution in [0.1, 0.15) is 0 Å². The number of nitrogens with zero attached hydrogens (tertiary/aromatic N) is 4. The van der Waals surface area contributed by atoms with Crippen molar-refractivity contribution in [1.29, 1.82) is 0 Å². The second kappa shape index (κ2) is 5.65. The molecule has 5 aliphatic heterocycles. The van der Waals surface area contributed by atoms with E-state index in [2.05, 4.69) is 20.0 Å². The molecule has 5 aliphatic rings. The van der Waals surface area contributed by atoms with Crippen LogP contribution in [-0.4, -0.2) is 43.3 Å². The average molecular weight is 372 g/mol. The smallest absolute Gasteiger partial charge is 0.190 e. The van der Waals surface area contributed by atoms with Gasteiger partial charge in [-0.3, -0.25) is 0 Å². The first-order chi connectivity index (χ1) is 13.5. The fourth-order valence-corrected chi connectivity index (χ4v) is 3.07. The molecule has 8 nitrogen and oxygen atoms in total. The molecule has 0 amide bonds. The van der Waals surface area contributed by atoms with Crippen molar-refractivity contribution in [3.05, 3.63) is 94.4 Å². The Morgan fingerprint density at radius 2 is 1.18 bits per heavy atom. The van der Waals surface area contributed by atoms with Gasteiger partial charge in [0.15, 0.2) is 23.0 Å². The lowest BCUT2D eigenvalue weighted by Crippen LogP contribution is -2.06. The van der Waals surface area contributed by atoms with Crippen molar-refractivity contribution in [1.82, 2.24) is 0 Å². The van der Waals surface area contributed by atoms with Gasteiger partial charge in [-0.1, -0.05) is 0 Å². The van der Waals surface area contributed by atoms with Crippen LogP contribution >= 0.6 is 0 Å². The minimum atomic E-state index is -0.610. The summed E-state index contributed by atoms with van der Waals surface area (Å²) < 4.78 is 0. The molecule has 5 heterocycles. The predicted molar refractivity (Wildman–Crippen MR) is 105 cm³/mol. The van der Waals surface area contributed by atoms with E-state index in [0.717, 1.165) is 0 Å². The van der Waals surface area contributed by atoms with Gasteiger partial charge in [-0.05, 0) is 42.5 Å². The number of allylic oxidation sites excluding steroid dienone is 8. The molecule has 4 N–H and O–H groups in total. The third-order valence-electron chi connectivity index (χ3n) is 4.38. The molecule has 0 fully saturated rings. The standard InChI is InChI=1S/C20H12N4O4/c25-15-8-13-6-11-2-1-9(21-11)5-10-3-4-12(22-10)7-14-18(26)20(28)17(24-14)19(27)16(15)23-13/h1-8,25-28H. The highest BCUT2D eigenvalue weighted by Gasteiger charge is 2.30. The molecule has 136 valence electrons. The Kier molecular flexibility index (Phi) is 3.23. The molecule has 8 bridgehead atoms. The predicted octanol–water partition coefficient (Wildman–Crippen LogP) is 3.12. The fourth-order valence-electron chi connectivity index (χ4n) is 3.07. The number of hydrogen-bond acceptors (Lipinski definition) is 8. The summed E-state index contributed by atoms with van der Waals surface area (Å²) in [7, 11) is 0. The van der Waals surface area contributed by atoms with Crippen LogP contribution in [0.4, 0.5) is 0 Å². The van der Waals surface area contributed by atoms with Gasteiger partial charge in [0.25, 0.3) is 0 Å². The zero-order valence-corrected chi connectivity index (χ0v) is 14.2. The first kappa shape index (κ1) is 16.0. The molecule has 0 aromatic heterocycles. The minimum Gasteiger partial charge on any atom is -0.505 e. The zero-order chi connectivity index (χ0) is 19.4. The van der Waals surface area contributed by atoms with Crippen molar-refractivity contribution in [3.8, 4) is 0 Å². The Morgan fingerprint density at radius 3 is 1.89 bits per heavy atom. The number of aliphatic hydroxyl groups excluding tert-OH is 4. The van der Waals surface area contributed by atoms with Gasteiger partial charge in [0, 0.05) is 6.08 Å². The number of aliphatic hydroxyl groups is 4. The summed E-state index contributed by atoms with van der Waals surface area (Å²) in [5, 5.41) is 41.0. The van der Waals surface area contributed by atoms with Gasteiger partial charge in [-0.25, -0.2) is 20.0 Å². The summed E-state index contributed by atoms with van der Waals surface area (Å²) in [6.45, 7) is 0. The van der Waals surface area contributed by atoms with Gasteiger partial charge in [0.1, 0.15) is 17.2 Å². The average Bonchev–Trinajstić information content (AvgIpc) is 3.42. The zero-order valence-electron chi connectivity index (χ0n) is 14.2. The summed E-state index contributed by atoms with van der Waals surface area (Å²) >= 11 is 0. The third-order valence-corrected chi connectivity index (χ3v) is 4.38. The highest BCUT2D eigenvalue weighted by Crippen LogP contribution is 2.29. The summed E-state index contributed by atoms with van der Waals surface area (Å²) in [5.41, 5.74) is 2.44. The second-order valence-electron chi connectivity index (χ2n) is 6.33. The maximum Gasteiger partial charge on any atom is 0.190 e. The molecular weight excluding hydrogens is 360 g/mol. The SMILES string of the molecule is OC1=CC2=CC3=NC(=CC4=NC(=CC5=NC(=C(O)C1=N2)C(O)=C5O)C=C4)C=C3. The Labute approximate surface area is 158 Å². The molecular formula is C20H12N4O4. The van der Waals surface area contributed by atoms with E-state index in [0.29, 0.717) is 28.5 Å². The quantitative estimate of drug-likeness (QED) is 0.520. The Hall–Kier alpha value is -4.20. The number of rotatable bonds is 0. The molecule has 0 saturated heterocycles. The molecule has 0 aromatic rings. The summed E-state index contributed by atoms with van der Waals surface area (Å²) in [5.74, 6) is -1.96. The highest BCUT2D eigenvalue weighted by molar-refractivity contribution is 6.17. The molecule has 0 radical (unpaired) electrons. The molecule has 28 heavy (non-hydrogen) atoms. The van der Waals surface area contributed by atoms with Crippen molar-refractivity contribution in [2.24, 2.45) is 20.0 Å². The second-order valence-corrected chi connectivity index (χ2v) is 6.33. The molecule has 5 rings (SSSR count). The number of aliphatic imine (C=N–C) groups is 4. The van der Waals surface area contributed by atoms with Crippen molar-refractivity contribution in [2.45, 2.75) is 0 Å². The van der Waals surface area contributed by atoms with Crippen molar-refractivity contribution >= 4 is 22.8 Å². The third kappa shape index (κ3) is 2.47. The van der Waals surface area contributed by atoms with E-state index in [1.807, 2.05) is 6.08 Å². The van der Waals surface area contributed by atoms with Gasteiger partial charge in [0.05, 0.1) is 28.5 Å². The molecule has 0 unspecified atom stereocenters. The Balaban J connectivity index is 1.74. The van der Waals surface area contributed by atoms with Crippen molar-refractivity contribution < 1.29 is 20.4 Å². The van der Waals surface area contributed by atoms with Gasteiger partial charge >= 0.3 is 0 Å². The largest absolute Gasteiger partial charge is 0.505 e. The van der Waals surface area contributed by atoms with E-state index >= 15 is 0 Å². The molecule has 0 spiro atoms.